The van der Waals surface area contributed by atoms with Gasteiger partial charge in [0, 0.05) is 25.0 Å². The molecule has 0 spiro atoms. The van der Waals surface area contributed by atoms with Gasteiger partial charge in [0.1, 0.15) is 6.10 Å². The fourth-order valence-electron chi connectivity index (χ4n) is 3.81. The first kappa shape index (κ1) is 28.0. The highest BCUT2D eigenvalue weighted by Gasteiger charge is 2.52. The van der Waals surface area contributed by atoms with E-state index in [2.05, 4.69) is 0 Å². The van der Waals surface area contributed by atoms with Crippen LogP contribution in [0.15, 0.2) is 48.6 Å². The molecule has 4 atom stereocenters. The molecule has 0 unspecified atom stereocenters. The van der Waals surface area contributed by atoms with Crippen molar-refractivity contribution in [1.82, 2.24) is 0 Å². The second kappa shape index (κ2) is 11.7. The number of carboxylic acid groups (broad SMARTS) is 1. The third-order valence-electron chi connectivity index (χ3n) is 5.78. The Morgan fingerprint density at radius 2 is 1.45 bits per heavy atom. The molecule has 1 aliphatic rings. The molecular formula is C26H26O12. The van der Waals surface area contributed by atoms with E-state index in [1.165, 1.54) is 55.7 Å². The lowest BCUT2D eigenvalue weighted by molar-refractivity contribution is -0.204. The number of phenolic OH excluding ortho intramolecular Hbond substituents is 3. The number of aromatic hydroxyl groups is 3. The number of hydrogen-bond acceptors (Lipinski definition) is 11. The molecule has 1 fully saturated rings. The van der Waals surface area contributed by atoms with Gasteiger partial charge in [0.15, 0.2) is 34.7 Å². The molecule has 6 N–H and O–H groups in total. The van der Waals surface area contributed by atoms with Crippen molar-refractivity contribution in [2.75, 3.05) is 7.11 Å². The molecule has 202 valence electrons. The third-order valence-corrected chi connectivity index (χ3v) is 5.78. The van der Waals surface area contributed by atoms with E-state index >= 15 is 0 Å². The Hall–Kier alpha value is -4.55. The Labute approximate surface area is 216 Å². The van der Waals surface area contributed by atoms with Crippen LogP contribution in [-0.2, 0) is 23.9 Å². The van der Waals surface area contributed by atoms with Gasteiger partial charge < -0.3 is 44.8 Å². The van der Waals surface area contributed by atoms with E-state index in [-0.39, 0.29) is 17.2 Å². The van der Waals surface area contributed by atoms with E-state index in [4.69, 9.17) is 14.2 Å². The zero-order valence-corrected chi connectivity index (χ0v) is 20.1. The van der Waals surface area contributed by atoms with Crippen LogP contribution >= 0.6 is 0 Å². The number of methoxy groups -OCH3 is 1. The molecule has 0 radical (unpaired) electrons. The van der Waals surface area contributed by atoms with Crippen molar-refractivity contribution in [3.8, 4) is 23.0 Å². The second-order valence-electron chi connectivity index (χ2n) is 8.54. The number of aliphatic carboxylic acids is 1. The minimum Gasteiger partial charge on any atom is -0.504 e. The van der Waals surface area contributed by atoms with E-state index in [9.17, 15) is 45.0 Å². The highest BCUT2D eigenvalue weighted by Crippen LogP contribution is 2.33. The largest absolute Gasteiger partial charge is 0.504 e. The monoisotopic (exact) mass is 530 g/mol. The number of ether oxygens (including phenoxy) is 3. The van der Waals surface area contributed by atoms with Crippen molar-refractivity contribution >= 4 is 30.1 Å². The maximum absolute atomic E-state index is 12.5. The topological polar surface area (TPSA) is 200 Å². The summed E-state index contributed by atoms with van der Waals surface area (Å²) in [5, 5.41) is 58.9. The van der Waals surface area contributed by atoms with E-state index in [0.29, 0.717) is 11.1 Å². The summed E-state index contributed by atoms with van der Waals surface area (Å²) in [4.78, 5) is 36.5. The fraction of sp³-hybridized carbons (Fsp3) is 0.269. The summed E-state index contributed by atoms with van der Waals surface area (Å²) in [7, 11) is 1.35. The Morgan fingerprint density at radius 1 is 0.868 bits per heavy atom. The van der Waals surface area contributed by atoms with Crippen LogP contribution in [-0.4, -0.2) is 79.6 Å². The molecule has 0 bridgehead atoms. The predicted octanol–water partition coefficient (Wildman–Crippen LogP) is 1.33. The van der Waals surface area contributed by atoms with E-state index < -0.39 is 60.4 Å². The van der Waals surface area contributed by atoms with Crippen LogP contribution in [0.2, 0.25) is 0 Å². The Kier molecular flexibility index (Phi) is 8.61. The molecule has 3 rings (SSSR count). The van der Waals surface area contributed by atoms with Crippen molar-refractivity contribution in [3.63, 3.8) is 0 Å². The van der Waals surface area contributed by atoms with Crippen LogP contribution in [0.3, 0.4) is 0 Å². The van der Waals surface area contributed by atoms with E-state index in [1.807, 2.05) is 0 Å². The Morgan fingerprint density at radius 3 is 2.03 bits per heavy atom. The number of hydrogen-bond donors (Lipinski definition) is 6. The van der Waals surface area contributed by atoms with Crippen LogP contribution < -0.4 is 4.74 Å². The fourth-order valence-corrected chi connectivity index (χ4v) is 3.81. The molecule has 12 nitrogen and oxygen atoms in total. The molecule has 2 aromatic rings. The van der Waals surface area contributed by atoms with Crippen LogP contribution in [0.25, 0.3) is 12.2 Å². The molecule has 0 heterocycles. The number of carboxylic acids is 1. The standard InChI is InChI=1S/C26H26O12/c1-36-20-11-15(3-7-17(20)28)5-9-23(32)38-24-19(30)12-26(35,25(33)34)13-21(24)37-22(31)8-4-14-2-6-16(27)18(29)10-14/h2-11,19,21,24,27-30,35H,12-13H2,1H3,(H,33,34)/t19-,21-,24-,26-/m1/s1. The number of carbonyl (C=O) groups excluding carboxylic acids is 2. The summed E-state index contributed by atoms with van der Waals surface area (Å²) in [5.74, 6) is -4.36. The van der Waals surface area contributed by atoms with Gasteiger partial charge in [0.25, 0.3) is 0 Å². The molecule has 1 saturated carbocycles. The molecule has 1 aliphatic carbocycles. The van der Waals surface area contributed by atoms with Gasteiger partial charge in [0.05, 0.1) is 13.2 Å². The van der Waals surface area contributed by atoms with Crippen LogP contribution in [0.4, 0.5) is 0 Å². The van der Waals surface area contributed by atoms with Gasteiger partial charge in [0.2, 0.25) is 0 Å². The number of esters is 2. The van der Waals surface area contributed by atoms with Gasteiger partial charge in [-0.2, -0.15) is 0 Å². The van der Waals surface area contributed by atoms with Crippen LogP contribution in [0, 0.1) is 0 Å². The summed E-state index contributed by atoms with van der Waals surface area (Å²) in [6.07, 6.45) is -1.56. The number of rotatable bonds is 8. The van der Waals surface area contributed by atoms with Gasteiger partial charge in [-0.3, -0.25) is 0 Å². The van der Waals surface area contributed by atoms with Gasteiger partial charge in [-0.25, -0.2) is 14.4 Å². The molecule has 0 amide bonds. The lowest BCUT2D eigenvalue weighted by Gasteiger charge is -2.40. The van der Waals surface area contributed by atoms with E-state index in [0.717, 1.165) is 12.2 Å². The predicted molar refractivity (Wildman–Crippen MR) is 130 cm³/mol. The lowest BCUT2D eigenvalue weighted by Crippen LogP contribution is -2.58. The summed E-state index contributed by atoms with van der Waals surface area (Å²) >= 11 is 0. The molecule has 0 saturated heterocycles. The Bertz CT molecular complexity index is 1270. The molecular weight excluding hydrogens is 504 g/mol. The minimum atomic E-state index is -2.45. The van der Waals surface area contributed by atoms with Gasteiger partial charge >= 0.3 is 17.9 Å². The smallest absolute Gasteiger partial charge is 0.335 e. The van der Waals surface area contributed by atoms with Crippen molar-refractivity contribution in [2.45, 2.75) is 36.8 Å². The van der Waals surface area contributed by atoms with Crippen LogP contribution in [0.1, 0.15) is 24.0 Å². The quantitative estimate of drug-likeness (QED) is 0.163. The summed E-state index contributed by atoms with van der Waals surface area (Å²) in [6.45, 7) is 0. The zero-order valence-electron chi connectivity index (χ0n) is 20.1. The maximum Gasteiger partial charge on any atom is 0.335 e. The summed E-state index contributed by atoms with van der Waals surface area (Å²) < 4.78 is 15.5. The molecule has 0 aliphatic heterocycles. The number of aliphatic hydroxyl groups excluding tert-OH is 1. The van der Waals surface area contributed by atoms with Crippen molar-refractivity contribution < 1.29 is 59.2 Å². The van der Waals surface area contributed by atoms with Gasteiger partial charge in [-0.1, -0.05) is 12.1 Å². The number of carbonyl (C=O) groups is 3. The number of aliphatic hydroxyl groups is 2. The second-order valence-corrected chi connectivity index (χ2v) is 8.54. The highest BCUT2D eigenvalue weighted by molar-refractivity contribution is 5.88. The van der Waals surface area contributed by atoms with Crippen molar-refractivity contribution in [1.29, 1.82) is 0 Å². The van der Waals surface area contributed by atoms with Crippen molar-refractivity contribution in [3.05, 3.63) is 59.7 Å². The average Bonchev–Trinajstić information content (AvgIpc) is 2.86. The minimum absolute atomic E-state index is 0.107. The van der Waals surface area contributed by atoms with Gasteiger partial charge in [-0.15, -0.1) is 0 Å². The van der Waals surface area contributed by atoms with E-state index in [1.54, 1.807) is 0 Å². The average molecular weight is 530 g/mol. The lowest BCUT2D eigenvalue weighted by atomic mass is 9.79. The first-order valence-electron chi connectivity index (χ1n) is 11.2. The highest BCUT2D eigenvalue weighted by atomic mass is 16.6. The van der Waals surface area contributed by atoms with Crippen molar-refractivity contribution in [2.24, 2.45) is 0 Å². The molecule has 12 heteroatoms. The van der Waals surface area contributed by atoms with Gasteiger partial charge in [-0.05, 0) is 47.5 Å². The number of benzene rings is 2. The summed E-state index contributed by atoms with van der Waals surface area (Å²) in [5.41, 5.74) is -1.66. The first-order valence-corrected chi connectivity index (χ1v) is 11.2. The number of phenols is 3. The third kappa shape index (κ3) is 6.81. The SMILES string of the molecule is COc1cc(C=CC(=O)O[C@@H]2[C@H](O)C[C@](O)(C(=O)O)C[C@H]2OC(=O)C=Cc2ccc(O)c(O)c2)ccc1O. The summed E-state index contributed by atoms with van der Waals surface area (Å²) in [6, 6.07) is 8.06. The zero-order chi connectivity index (χ0) is 28.0. The van der Waals surface area contributed by atoms with Crippen LogP contribution in [0.5, 0.6) is 23.0 Å². The normalized spacial score (nSPS) is 23.3. The first-order chi connectivity index (χ1) is 17.9. The maximum atomic E-state index is 12.5. The molecule has 0 aromatic heterocycles. The Balaban J connectivity index is 1.75. The molecule has 38 heavy (non-hydrogen) atoms. The molecule has 2 aromatic carbocycles.